The summed E-state index contributed by atoms with van der Waals surface area (Å²) in [4.78, 5) is 0. The molecule has 1 aliphatic heterocycles. The van der Waals surface area contributed by atoms with Gasteiger partial charge in [0.25, 0.3) is 0 Å². The first-order valence-corrected chi connectivity index (χ1v) is 10.1. The molecule has 0 fully saturated rings. The van der Waals surface area contributed by atoms with Crippen molar-refractivity contribution in [3.8, 4) is 5.75 Å². The summed E-state index contributed by atoms with van der Waals surface area (Å²) in [6.07, 6.45) is 14.8. The molecule has 1 aromatic heterocycles. The van der Waals surface area contributed by atoms with Crippen molar-refractivity contribution in [3.63, 3.8) is 0 Å². The Morgan fingerprint density at radius 3 is 2.42 bits per heavy atom. The van der Waals surface area contributed by atoms with E-state index < -0.39 is 0 Å². The maximum atomic E-state index is 5.84. The molecule has 26 heavy (non-hydrogen) atoms. The van der Waals surface area contributed by atoms with Crippen molar-refractivity contribution in [2.45, 2.75) is 71.1 Å². The Labute approximate surface area is 156 Å². The summed E-state index contributed by atoms with van der Waals surface area (Å²) in [5.74, 6) is 2.24. The monoisotopic (exact) mass is 354 g/mol. The van der Waals surface area contributed by atoms with E-state index in [1.165, 1.54) is 51.4 Å². The zero-order chi connectivity index (χ0) is 18.0. The summed E-state index contributed by atoms with van der Waals surface area (Å²) >= 11 is 0. The molecule has 0 amide bonds. The van der Waals surface area contributed by atoms with Crippen molar-refractivity contribution in [3.05, 3.63) is 41.6 Å². The summed E-state index contributed by atoms with van der Waals surface area (Å²) in [5.41, 5.74) is 2.02. The van der Waals surface area contributed by atoms with Crippen LogP contribution in [0.5, 0.6) is 5.75 Å². The fraction of sp³-hybridized carbons (Fsp3) is 0.545. The van der Waals surface area contributed by atoms with E-state index >= 15 is 0 Å². The third-order valence-electron chi connectivity index (χ3n) is 4.87. The molecule has 0 aliphatic carbocycles. The van der Waals surface area contributed by atoms with Gasteiger partial charge in [0.2, 0.25) is 11.8 Å². The third-order valence-corrected chi connectivity index (χ3v) is 4.87. The smallest absolute Gasteiger partial charge is 0.247 e. The van der Waals surface area contributed by atoms with Gasteiger partial charge >= 0.3 is 0 Å². The predicted octanol–water partition coefficient (Wildman–Crippen LogP) is 6.08. The fourth-order valence-corrected chi connectivity index (χ4v) is 3.31. The minimum Gasteiger partial charge on any atom is -0.488 e. The summed E-state index contributed by atoms with van der Waals surface area (Å²) in [7, 11) is 0. The Kier molecular flexibility index (Phi) is 7.29. The average molecular weight is 354 g/mol. The van der Waals surface area contributed by atoms with Gasteiger partial charge in [-0.25, -0.2) is 0 Å². The van der Waals surface area contributed by atoms with E-state index in [9.17, 15) is 0 Å². The quantitative estimate of drug-likeness (QED) is 0.459. The molecule has 1 aromatic carbocycles. The van der Waals surface area contributed by atoms with E-state index in [0.717, 1.165) is 35.6 Å². The number of benzene rings is 1. The minimum absolute atomic E-state index is 0.483. The zero-order valence-electron chi connectivity index (χ0n) is 15.9. The lowest BCUT2D eigenvalue weighted by Gasteiger charge is -2.15. The van der Waals surface area contributed by atoms with Crippen LogP contribution in [-0.4, -0.2) is 16.8 Å². The van der Waals surface area contributed by atoms with Gasteiger partial charge in [0, 0.05) is 12.0 Å². The Morgan fingerprint density at radius 1 is 0.885 bits per heavy atom. The molecule has 0 spiro atoms. The van der Waals surface area contributed by atoms with Crippen molar-refractivity contribution < 1.29 is 9.15 Å². The number of unbranched alkanes of at least 4 members (excludes halogenated alkanes) is 8. The third kappa shape index (κ3) is 5.45. The molecule has 0 saturated heterocycles. The van der Waals surface area contributed by atoms with Gasteiger partial charge in [0.05, 0.1) is 5.57 Å². The molecule has 0 bridgehead atoms. The Bertz CT molecular complexity index is 706. The number of fused-ring (bicyclic) bond motifs is 1. The number of ether oxygens (including phenoxy) is 1. The van der Waals surface area contributed by atoms with Gasteiger partial charge in [-0.1, -0.05) is 76.5 Å². The molecule has 3 rings (SSSR count). The maximum Gasteiger partial charge on any atom is 0.247 e. The van der Waals surface area contributed by atoms with Crippen LogP contribution < -0.4 is 4.74 Å². The molecular weight excluding hydrogens is 324 g/mol. The Hall–Kier alpha value is -2.10. The van der Waals surface area contributed by atoms with Gasteiger partial charge in [0.15, 0.2) is 0 Å². The number of hydrogen-bond acceptors (Lipinski definition) is 4. The first-order valence-electron chi connectivity index (χ1n) is 10.1. The molecule has 2 heterocycles. The molecule has 4 nitrogen and oxygen atoms in total. The zero-order valence-corrected chi connectivity index (χ0v) is 15.9. The molecular formula is C22H30N2O2. The van der Waals surface area contributed by atoms with Gasteiger partial charge in [-0.15, -0.1) is 10.2 Å². The van der Waals surface area contributed by atoms with E-state index in [0.29, 0.717) is 12.5 Å². The second-order valence-electron chi connectivity index (χ2n) is 7.08. The first kappa shape index (κ1) is 18.7. The standard InChI is InChI=1S/C22H30N2O2/c1-2-3-4-5-6-7-8-9-10-15-21-23-24-22(26-21)19-16-18-13-11-12-14-20(18)25-17-19/h11-14,16H,2-10,15,17H2,1H3. The molecule has 0 radical (unpaired) electrons. The highest BCUT2D eigenvalue weighted by Gasteiger charge is 2.17. The summed E-state index contributed by atoms with van der Waals surface area (Å²) < 4.78 is 11.6. The lowest BCUT2D eigenvalue weighted by molar-refractivity contribution is 0.359. The molecule has 0 unspecified atom stereocenters. The van der Waals surface area contributed by atoms with E-state index in [1.807, 2.05) is 24.3 Å². The van der Waals surface area contributed by atoms with Crippen LogP contribution in [0.15, 0.2) is 28.7 Å². The molecule has 1 aliphatic rings. The van der Waals surface area contributed by atoms with E-state index in [-0.39, 0.29) is 0 Å². The molecule has 4 heteroatoms. The number of rotatable bonds is 11. The number of para-hydroxylation sites is 1. The van der Waals surface area contributed by atoms with Crippen LogP contribution in [0, 0.1) is 0 Å². The second kappa shape index (κ2) is 10.1. The molecule has 0 N–H and O–H groups in total. The highest BCUT2D eigenvalue weighted by atomic mass is 16.5. The average Bonchev–Trinajstić information content (AvgIpc) is 3.15. The molecule has 2 aromatic rings. The van der Waals surface area contributed by atoms with Gasteiger partial charge in [0.1, 0.15) is 12.4 Å². The van der Waals surface area contributed by atoms with Gasteiger partial charge in [-0.2, -0.15) is 0 Å². The lowest BCUT2D eigenvalue weighted by atomic mass is 10.1. The number of hydrogen-bond donors (Lipinski definition) is 0. The molecule has 0 saturated carbocycles. The Morgan fingerprint density at radius 2 is 1.62 bits per heavy atom. The number of aryl methyl sites for hydroxylation is 1. The lowest BCUT2D eigenvalue weighted by Crippen LogP contribution is -2.06. The normalized spacial score (nSPS) is 13.2. The van der Waals surface area contributed by atoms with Gasteiger partial charge in [-0.05, 0) is 18.6 Å². The molecule has 140 valence electrons. The molecule has 0 atom stereocenters. The fourth-order valence-electron chi connectivity index (χ4n) is 3.31. The van der Waals surface area contributed by atoms with Crippen molar-refractivity contribution in [1.82, 2.24) is 10.2 Å². The SMILES string of the molecule is CCCCCCCCCCCc1nnc(C2=Cc3ccccc3OC2)o1. The van der Waals surface area contributed by atoms with Crippen LogP contribution in [0.1, 0.15) is 82.1 Å². The predicted molar refractivity (Wildman–Crippen MR) is 105 cm³/mol. The van der Waals surface area contributed by atoms with Crippen LogP contribution in [0.25, 0.3) is 11.6 Å². The van der Waals surface area contributed by atoms with E-state index in [2.05, 4.69) is 23.2 Å². The first-order chi connectivity index (χ1) is 12.9. The van der Waals surface area contributed by atoms with Gasteiger partial charge < -0.3 is 9.15 Å². The van der Waals surface area contributed by atoms with Gasteiger partial charge in [-0.3, -0.25) is 0 Å². The van der Waals surface area contributed by atoms with Crippen LogP contribution in [0.3, 0.4) is 0 Å². The summed E-state index contributed by atoms with van der Waals surface area (Å²) in [5, 5.41) is 8.41. The van der Waals surface area contributed by atoms with Crippen LogP contribution in [0.2, 0.25) is 0 Å². The van der Waals surface area contributed by atoms with Crippen LogP contribution in [0.4, 0.5) is 0 Å². The highest BCUT2D eigenvalue weighted by molar-refractivity contribution is 5.82. The van der Waals surface area contributed by atoms with Crippen molar-refractivity contribution in [2.75, 3.05) is 6.61 Å². The van der Waals surface area contributed by atoms with E-state index in [4.69, 9.17) is 9.15 Å². The summed E-state index contributed by atoms with van der Waals surface area (Å²) in [6.45, 7) is 2.75. The number of nitrogens with zero attached hydrogens (tertiary/aromatic N) is 2. The minimum atomic E-state index is 0.483. The largest absolute Gasteiger partial charge is 0.488 e. The summed E-state index contributed by atoms with van der Waals surface area (Å²) in [6, 6.07) is 8.00. The topological polar surface area (TPSA) is 48.2 Å². The van der Waals surface area contributed by atoms with Crippen molar-refractivity contribution in [1.29, 1.82) is 0 Å². The Balaban J connectivity index is 1.38. The van der Waals surface area contributed by atoms with Crippen molar-refractivity contribution in [2.24, 2.45) is 0 Å². The van der Waals surface area contributed by atoms with Crippen LogP contribution >= 0.6 is 0 Å². The van der Waals surface area contributed by atoms with E-state index in [1.54, 1.807) is 0 Å². The van der Waals surface area contributed by atoms with Crippen molar-refractivity contribution >= 4 is 11.6 Å². The maximum absolute atomic E-state index is 5.84. The van der Waals surface area contributed by atoms with Crippen LogP contribution in [-0.2, 0) is 6.42 Å². The second-order valence-corrected chi connectivity index (χ2v) is 7.08. The highest BCUT2D eigenvalue weighted by Crippen LogP contribution is 2.29. The number of aromatic nitrogens is 2.